The summed E-state index contributed by atoms with van der Waals surface area (Å²) in [4.78, 5) is 0. The van der Waals surface area contributed by atoms with Crippen LogP contribution in [0.4, 0.5) is 0 Å². The molecule has 1 aromatic rings. The SMILES string of the molecule is CCC(CCN)OC1CCCc2ccccc21. The van der Waals surface area contributed by atoms with E-state index < -0.39 is 0 Å². The number of ether oxygens (including phenoxy) is 1. The Morgan fingerprint density at radius 3 is 3.00 bits per heavy atom. The molecule has 2 atom stereocenters. The Morgan fingerprint density at radius 2 is 2.24 bits per heavy atom. The Bertz CT molecular complexity index is 351. The third kappa shape index (κ3) is 3.08. The largest absolute Gasteiger partial charge is 0.370 e. The van der Waals surface area contributed by atoms with Gasteiger partial charge in [0.2, 0.25) is 0 Å². The Balaban J connectivity index is 2.07. The van der Waals surface area contributed by atoms with E-state index in [1.807, 2.05) is 0 Å². The summed E-state index contributed by atoms with van der Waals surface area (Å²) in [5.74, 6) is 0. The molecule has 94 valence electrons. The molecule has 0 aromatic heterocycles. The van der Waals surface area contributed by atoms with Crippen LogP contribution in [0.15, 0.2) is 24.3 Å². The van der Waals surface area contributed by atoms with Gasteiger partial charge in [-0.15, -0.1) is 0 Å². The highest BCUT2D eigenvalue weighted by molar-refractivity contribution is 5.31. The van der Waals surface area contributed by atoms with Gasteiger partial charge in [0, 0.05) is 0 Å². The molecule has 2 rings (SSSR count). The number of aryl methyl sites for hydroxylation is 1. The van der Waals surface area contributed by atoms with Crippen LogP contribution in [0.2, 0.25) is 0 Å². The van der Waals surface area contributed by atoms with Gasteiger partial charge in [0.25, 0.3) is 0 Å². The highest BCUT2D eigenvalue weighted by Crippen LogP contribution is 2.33. The van der Waals surface area contributed by atoms with Gasteiger partial charge in [0.15, 0.2) is 0 Å². The maximum Gasteiger partial charge on any atom is 0.0831 e. The van der Waals surface area contributed by atoms with Crippen LogP contribution in [0.3, 0.4) is 0 Å². The number of hydrogen-bond donors (Lipinski definition) is 1. The fraction of sp³-hybridized carbons (Fsp3) is 0.600. The number of nitrogens with two attached hydrogens (primary N) is 1. The molecule has 0 saturated heterocycles. The van der Waals surface area contributed by atoms with Crippen LogP contribution in [-0.4, -0.2) is 12.6 Å². The van der Waals surface area contributed by atoms with Crippen LogP contribution in [-0.2, 0) is 11.2 Å². The third-order valence-corrected chi connectivity index (χ3v) is 3.62. The summed E-state index contributed by atoms with van der Waals surface area (Å²) in [7, 11) is 0. The van der Waals surface area contributed by atoms with Gasteiger partial charge in [-0.2, -0.15) is 0 Å². The van der Waals surface area contributed by atoms with E-state index in [1.165, 1.54) is 24.0 Å². The van der Waals surface area contributed by atoms with Gasteiger partial charge in [-0.05, 0) is 49.8 Å². The summed E-state index contributed by atoms with van der Waals surface area (Å²) in [6.45, 7) is 2.89. The van der Waals surface area contributed by atoms with E-state index in [1.54, 1.807) is 0 Å². The van der Waals surface area contributed by atoms with Gasteiger partial charge >= 0.3 is 0 Å². The second-order valence-corrected chi connectivity index (χ2v) is 4.82. The summed E-state index contributed by atoms with van der Waals surface area (Å²) in [5.41, 5.74) is 8.49. The lowest BCUT2D eigenvalue weighted by atomic mass is 9.89. The maximum atomic E-state index is 6.23. The predicted molar refractivity (Wildman–Crippen MR) is 71.0 cm³/mol. The molecule has 2 nitrogen and oxygen atoms in total. The van der Waals surface area contributed by atoms with Gasteiger partial charge in [0.05, 0.1) is 12.2 Å². The Labute approximate surface area is 104 Å². The standard InChI is InChI=1S/C15H23NO/c1-2-13(10-11-16)17-15-9-5-7-12-6-3-4-8-14(12)15/h3-4,6,8,13,15H,2,5,7,9-11,16H2,1H3. The summed E-state index contributed by atoms with van der Waals surface area (Å²) < 4.78 is 6.23. The number of benzene rings is 1. The van der Waals surface area contributed by atoms with Gasteiger partial charge in [-0.25, -0.2) is 0 Å². The van der Waals surface area contributed by atoms with E-state index in [0.717, 1.165) is 19.3 Å². The molecule has 2 N–H and O–H groups in total. The molecule has 0 amide bonds. The first-order valence-electron chi connectivity index (χ1n) is 6.78. The Morgan fingerprint density at radius 1 is 1.41 bits per heavy atom. The van der Waals surface area contributed by atoms with Crippen LogP contribution in [0.25, 0.3) is 0 Å². The number of fused-ring (bicyclic) bond motifs is 1. The highest BCUT2D eigenvalue weighted by Gasteiger charge is 2.22. The van der Waals surface area contributed by atoms with Crippen molar-refractivity contribution in [2.75, 3.05) is 6.54 Å². The molecule has 0 saturated carbocycles. The topological polar surface area (TPSA) is 35.2 Å². The summed E-state index contributed by atoms with van der Waals surface area (Å²) >= 11 is 0. The van der Waals surface area contributed by atoms with Crippen LogP contribution in [0, 0.1) is 0 Å². The fourth-order valence-electron chi connectivity index (χ4n) is 2.64. The number of rotatable bonds is 5. The zero-order valence-electron chi connectivity index (χ0n) is 10.7. The van der Waals surface area contributed by atoms with Crippen molar-refractivity contribution >= 4 is 0 Å². The number of hydrogen-bond acceptors (Lipinski definition) is 2. The van der Waals surface area contributed by atoms with Crippen LogP contribution in [0.1, 0.15) is 49.8 Å². The van der Waals surface area contributed by atoms with E-state index in [9.17, 15) is 0 Å². The van der Waals surface area contributed by atoms with E-state index in [0.29, 0.717) is 12.6 Å². The van der Waals surface area contributed by atoms with E-state index >= 15 is 0 Å². The average molecular weight is 233 g/mol. The van der Waals surface area contributed by atoms with Gasteiger partial charge in [0.1, 0.15) is 0 Å². The second kappa shape index (κ2) is 6.18. The van der Waals surface area contributed by atoms with E-state index in [-0.39, 0.29) is 6.10 Å². The Hall–Kier alpha value is -0.860. The first-order chi connectivity index (χ1) is 8.35. The highest BCUT2D eigenvalue weighted by atomic mass is 16.5. The summed E-state index contributed by atoms with van der Waals surface area (Å²) in [6, 6.07) is 8.69. The molecule has 1 aromatic carbocycles. The molecule has 0 spiro atoms. The lowest BCUT2D eigenvalue weighted by Gasteiger charge is -2.29. The molecule has 0 heterocycles. The average Bonchev–Trinajstić information content (AvgIpc) is 2.38. The minimum absolute atomic E-state index is 0.288. The third-order valence-electron chi connectivity index (χ3n) is 3.62. The normalized spacial score (nSPS) is 20.9. The first kappa shape index (κ1) is 12.6. The molecule has 17 heavy (non-hydrogen) atoms. The monoisotopic (exact) mass is 233 g/mol. The molecule has 2 unspecified atom stereocenters. The van der Waals surface area contributed by atoms with E-state index in [4.69, 9.17) is 10.5 Å². The first-order valence-corrected chi connectivity index (χ1v) is 6.78. The van der Waals surface area contributed by atoms with Crippen molar-refractivity contribution in [3.63, 3.8) is 0 Å². The molecule has 1 aliphatic rings. The second-order valence-electron chi connectivity index (χ2n) is 4.82. The summed E-state index contributed by atoms with van der Waals surface area (Å²) in [6.07, 6.45) is 6.21. The van der Waals surface area contributed by atoms with Crippen molar-refractivity contribution in [1.82, 2.24) is 0 Å². The van der Waals surface area contributed by atoms with Crippen molar-refractivity contribution in [2.24, 2.45) is 5.73 Å². The van der Waals surface area contributed by atoms with Crippen LogP contribution < -0.4 is 5.73 Å². The maximum absolute atomic E-state index is 6.23. The molecular weight excluding hydrogens is 210 g/mol. The molecule has 0 bridgehead atoms. The van der Waals surface area contributed by atoms with Crippen molar-refractivity contribution in [1.29, 1.82) is 0 Å². The lowest BCUT2D eigenvalue weighted by molar-refractivity contribution is -0.0265. The Kier molecular flexibility index (Phi) is 4.57. The quantitative estimate of drug-likeness (QED) is 0.847. The fourth-order valence-corrected chi connectivity index (χ4v) is 2.64. The van der Waals surface area contributed by atoms with Crippen LogP contribution >= 0.6 is 0 Å². The van der Waals surface area contributed by atoms with Gasteiger partial charge in [-0.1, -0.05) is 31.2 Å². The predicted octanol–water partition coefficient (Wildman–Crippen LogP) is 3.21. The lowest BCUT2D eigenvalue weighted by Crippen LogP contribution is -2.22. The summed E-state index contributed by atoms with van der Waals surface area (Å²) in [5, 5.41) is 0. The smallest absolute Gasteiger partial charge is 0.0831 e. The molecular formula is C15H23NO. The minimum atomic E-state index is 0.288. The molecule has 0 fully saturated rings. The van der Waals surface area contributed by atoms with Crippen molar-refractivity contribution in [2.45, 2.75) is 51.2 Å². The van der Waals surface area contributed by atoms with Crippen molar-refractivity contribution in [3.05, 3.63) is 35.4 Å². The van der Waals surface area contributed by atoms with Crippen molar-refractivity contribution < 1.29 is 4.74 Å². The zero-order chi connectivity index (χ0) is 12.1. The van der Waals surface area contributed by atoms with Crippen molar-refractivity contribution in [3.8, 4) is 0 Å². The molecule has 1 aliphatic carbocycles. The zero-order valence-corrected chi connectivity index (χ0v) is 10.7. The van der Waals surface area contributed by atoms with Gasteiger partial charge < -0.3 is 10.5 Å². The van der Waals surface area contributed by atoms with Crippen LogP contribution in [0.5, 0.6) is 0 Å². The molecule has 0 aliphatic heterocycles. The minimum Gasteiger partial charge on any atom is -0.370 e. The molecule has 2 heteroatoms. The molecule has 0 radical (unpaired) electrons. The van der Waals surface area contributed by atoms with Gasteiger partial charge in [-0.3, -0.25) is 0 Å². The van der Waals surface area contributed by atoms with E-state index in [2.05, 4.69) is 31.2 Å².